The van der Waals surface area contributed by atoms with E-state index >= 15 is 0 Å². The van der Waals surface area contributed by atoms with Gasteiger partial charge in [-0.1, -0.05) is 83.9 Å². The molecule has 4 fully saturated rings. The fourth-order valence-corrected chi connectivity index (χ4v) is 13.7. The number of piperidine rings is 1. The minimum absolute atomic E-state index is 0.0673. The summed E-state index contributed by atoms with van der Waals surface area (Å²) in [5.74, 6) is 0.0722. The molecule has 1 unspecified atom stereocenters. The van der Waals surface area contributed by atoms with Crippen LogP contribution in [0.4, 0.5) is 0 Å². The van der Waals surface area contributed by atoms with Gasteiger partial charge in [0.25, 0.3) is 5.56 Å². The molecule has 6 aromatic rings. The lowest BCUT2D eigenvalue weighted by molar-refractivity contribution is -0.147. The third kappa shape index (κ3) is 10.1. The molecule has 5 atom stereocenters. The molecular weight excluding hydrogens is 991 g/mol. The Bertz CT molecular complexity index is 3050. The van der Waals surface area contributed by atoms with Gasteiger partial charge in [0.15, 0.2) is 0 Å². The van der Waals surface area contributed by atoms with Crippen molar-refractivity contribution < 1.29 is 24.2 Å². The highest BCUT2D eigenvalue weighted by molar-refractivity contribution is 9.10. The summed E-state index contributed by atoms with van der Waals surface area (Å²) in [6.07, 6.45) is 7.92. The number of ketones is 1. The van der Waals surface area contributed by atoms with Crippen molar-refractivity contribution in [3.05, 3.63) is 97.8 Å². The van der Waals surface area contributed by atoms with Gasteiger partial charge in [-0.15, -0.1) is 11.3 Å². The molecule has 2 N–H and O–H groups in total. The Morgan fingerprint density at radius 2 is 1.72 bits per heavy atom. The van der Waals surface area contributed by atoms with Crippen LogP contribution >= 0.6 is 27.3 Å². The summed E-state index contributed by atoms with van der Waals surface area (Å²) in [7, 11) is 0. The van der Waals surface area contributed by atoms with E-state index in [1.165, 1.54) is 18.4 Å². The van der Waals surface area contributed by atoms with Gasteiger partial charge < -0.3 is 29.5 Å². The zero-order valence-corrected chi connectivity index (χ0v) is 45.1. The van der Waals surface area contributed by atoms with Crippen LogP contribution in [0, 0.1) is 29.6 Å². The zero-order valence-electron chi connectivity index (χ0n) is 42.7. The van der Waals surface area contributed by atoms with Crippen molar-refractivity contribution in [2.24, 2.45) is 22.7 Å². The Morgan fingerprint density at radius 3 is 2.40 bits per heavy atom. The third-order valence-electron chi connectivity index (χ3n) is 16.6. The first-order valence-corrected chi connectivity index (χ1v) is 27.9. The highest BCUT2D eigenvalue weighted by Gasteiger charge is 2.49. The molecule has 2 amide bonds. The van der Waals surface area contributed by atoms with E-state index in [1.807, 2.05) is 77.4 Å². The van der Waals surface area contributed by atoms with Crippen molar-refractivity contribution in [2.45, 2.75) is 136 Å². The number of aliphatic hydroxyl groups excluding tert-OH is 1. The second kappa shape index (κ2) is 20.5. The Kier molecular flexibility index (Phi) is 14.4. The first kappa shape index (κ1) is 50.7. The maximum Gasteiger partial charge on any atom is 0.283 e. The van der Waals surface area contributed by atoms with Crippen LogP contribution in [-0.4, -0.2) is 103 Å². The average molecular weight is 1060 g/mol. The van der Waals surface area contributed by atoms with Crippen LogP contribution in [-0.2, 0) is 19.1 Å². The number of aromatic nitrogens is 4. The standard InChI is InChI=1S/C57H70BrN7O6S/c1-34(28-48(67)57(6)22-23-57)50(56(3,4)5)54(70)63-31-41(66)30-47(63)52(68)60-43(37-14-16-38(17-15-37)51-35(2)59-33-72-51)32-71-27-26-62-24-20-36(21-25-62)39-18-19-44-46(29-39)64(40-10-7-8-11-40)55-61-53(69)49-42(58)12-9-13-45(49)65(44)55/h9,12-19,29,33-34,36,40-41,43,47,50,66H,7-8,10-11,20-28,30-32H2,1-6H3,(H,60,68)/t34?,41-,43+,47+,50-/m1/s1. The van der Waals surface area contributed by atoms with E-state index in [9.17, 15) is 24.3 Å². The molecule has 0 spiro atoms. The number of carbonyl (C=O) groups is 3. The van der Waals surface area contributed by atoms with Crippen LogP contribution < -0.4 is 10.9 Å². The lowest BCUT2D eigenvalue weighted by Crippen LogP contribution is -2.52. The molecule has 2 saturated carbocycles. The zero-order chi connectivity index (χ0) is 50.6. The second-order valence-corrected chi connectivity index (χ2v) is 24.5. The summed E-state index contributed by atoms with van der Waals surface area (Å²) in [4.78, 5) is 70.1. The molecule has 72 heavy (non-hydrogen) atoms. The number of nitrogens with one attached hydrogen (secondary N) is 1. The van der Waals surface area contributed by atoms with Crippen LogP contribution in [0.5, 0.6) is 0 Å². The molecule has 5 heterocycles. The van der Waals surface area contributed by atoms with Gasteiger partial charge in [0.2, 0.25) is 17.6 Å². The molecule has 3 aromatic heterocycles. The number of ether oxygens (including phenoxy) is 1. The number of benzene rings is 3. The van der Waals surface area contributed by atoms with Gasteiger partial charge in [-0.25, -0.2) is 4.98 Å². The Balaban J connectivity index is 0.812. The first-order valence-electron chi connectivity index (χ1n) is 26.3. The van der Waals surface area contributed by atoms with Gasteiger partial charge in [0, 0.05) is 47.8 Å². The number of β-amino-alcohol motifs (C(OH)–C–C–N with tert-alkyl or cyclic N) is 1. The number of nitrogens with zero attached hydrogens (tertiary/aromatic N) is 6. The maximum absolute atomic E-state index is 14.6. The summed E-state index contributed by atoms with van der Waals surface area (Å²) in [6.45, 7) is 15.4. The molecule has 0 radical (unpaired) electrons. The molecule has 15 heteroatoms. The van der Waals surface area contributed by atoms with Gasteiger partial charge >= 0.3 is 0 Å². The van der Waals surface area contributed by atoms with E-state index in [0.29, 0.717) is 30.4 Å². The van der Waals surface area contributed by atoms with Gasteiger partial charge in [-0.05, 0) is 133 Å². The molecular formula is C57H70BrN7O6S. The number of carbonyl (C=O) groups excluding carboxylic acids is 3. The van der Waals surface area contributed by atoms with E-state index < -0.39 is 29.5 Å². The average Bonchev–Trinajstić information content (AvgIpc) is 3.80. The van der Waals surface area contributed by atoms with Crippen LogP contribution in [0.15, 0.2) is 75.4 Å². The van der Waals surface area contributed by atoms with Crippen LogP contribution in [0.2, 0.25) is 0 Å². The van der Waals surface area contributed by atoms with Gasteiger partial charge in [-0.3, -0.25) is 23.6 Å². The quantitative estimate of drug-likeness (QED) is 0.0903. The van der Waals surface area contributed by atoms with E-state index in [-0.39, 0.29) is 54.1 Å². The highest BCUT2D eigenvalue weighted by Crippen LogP contribution is 2.48. The van der Waals surface area contributed by atoms with Crippen LogP contribution in [0.3, 0.4) is 0 Å². The number of Topliss-reactive ketones (excluding diaryl/α,β-unsaturated/α-hetero) is 1. The number of amides is 2. The highest BCUT2D eigenvalue weighted by atomic mass is 79.9. The Morgan fingerprint density at radius 1 is 0.986 bits per heavy atom. The van der Waals surface area contributed by atoms with Crippen molar-refractivity contribution in [1.82, 2.24) is 34.1 Å². The van der Waals surface area contributed by atoms with E-state index in [4.69, 9.17) is 9.72 Å². The summed E-state index contributed by atoms with van der Waals surface area (Å²) in [6, 6.07) is 19.9. The van der Waals surface area contributed by atoms with Crippen molar-refractivity contribution in [1.29, 1.82) is 0 Å². The largest absolute Gasteiger partial charge is 0.391 e. The van der Waals surface area contributed by atoms with Crippen LogP contribution in [0.1, 0.15) is 134 Å². The number of likely N-dealkylation sites (tertiary alicyclic amines) is 2. The van der Waals surface area contributed by atoms with Crippen LogP contribution in [0.25, 0.3) is 38.2 Å². The number of thiazole rings is 1. The number of hydrogen-bond donors (Lipinski definition) is 2. The maximum atomic E-state index is 14.6. The molecule has 10 rings (SSSR count). The van der Waals surface area contributed by atoms with E-state index in [0.717, 1.165) is 107 Å². The fraction of sp³-hybridized carbons (Fsp3) is 0.544. The molecule has 382 valence electrons. The topological polar surface area (TPSA) is 151 Å². The van der Waals surface area contributed by atoms with Crippen molar-refractivity contribution in [3.63, 3.8) is 0 Å². The third-order valence-corrected chi connectivity index (χ3v) is 18.2. The fourth-order valence-electron chi connectivity index (χ4n) is 12.3. The van der Waals surface area contributed by atoms with Crippen molar-refractivity contribution >= 4 is 72.6 Å². The number of fused-ring (bicyclic) bond motifs is 5. The number of aryl methyl sites for hydroxylation is 1. The SMILES string of the molecule is Cc1ncsc1-c1ccc([C@H](COCCN2CCC(c3ccc4c(c3)n(C3CCCC3)c3nc(=O)c5c(Br)cccc5n43)CC2)NC(=O)[C@@H]2C[C@@H](O)CN2C(=O)[C@@H](C(C)CC(=O)C2(C)CC2)C(C)(C)C)cc1. The Hall–Kier alpha value is -4.80. The molecule has 2 saturated heterocycles. The number of rotatable bonds is 16. The molecule has 2 aliphatic carbocycles. The molecule has 3 aromatic carbocycles. The minimum atomic E-state index is -0.862. The molecule has 2 aliphatic heterocycles. The minimum Gasteiger partial charge on any atom is -0.391 e. The lowest BCUT2D eigenvalue weighted by atomic mass is 9.70. The summed E-state index contributed by atoms with van der Waals surface area (Å²) in [5, 5.41) is 14.9. The number of aliphatic hydroxyl groups is 1. The summed E-state index contributed by atoms with van der Waals surface area (Å²) < 4.78 is 11.7. The van der Waals surface area contributed by atoms with Crippen molar-refractivity contribution in [3.8, 4) is 10.4 Å². The normalized spacial score (nSPS) is 21.2. The molecule has 13 nitrogen and oxygen atoms in total. The predicted molar refractivity (Wildman–Crippen MR) is 287 cm³/mol. The Labute approximate surface area is 434 Å². The predicted octanol–water partition coefficient (Wildman–Crippen LogP) is 10.2. The van der Waals surface area contributed by atoms with Gasteiger partial charge in [0.05, 0.1) is 63.4 Å². The monoisotopic (exact) mass is 1060 g/mol. The summed E-state index contributed by atoms with van der Waals surface area (Å²) in [5.41, 5.74) is 8.18. The summed E-state index contributed by atoms with van der Waals surface area (Å²) >= 11 is 5.21. The lowest BCUT2D eigenvalue weighted by Gasteiger charge is -2.38. The van der Waals surface area contributed by atoms with Crippen molar-refractivity contribution in [2.75, 3.05) is 39.4 Å². The van der Waals surface area contributed by atoms with Gasteiger partial charge in [0.1, 0.15) is 11.8 Å². The second-order valence-electron chi connectivity index (χ2n) is 22.8. The number of hydrogen-bond acceptors (Lipinski definition) is 10. The first-order chi connectivity index (χ1) is 34.5. The smallest absolute Gasteiger partial charge is 0.283 e. The molecule has 4 aliphatic rings. The number of halogens is 1. The number of imidazole rings is 1. The van der Waals surface area contributed by atoms with E-state index in [2.05, 4.69) is 70.4 Å². The van der Waals surface area contributed by atoms with Gasteiger partial charge in [-0.2, -0.15) is 4.98 Å². The van der Waals surface area contributed by atoms with E-state index in [1.54, 1.807) is 16.2 Å². The molecule has 0 bridgehead atoms.